The molecule has 0 unspecified atom stereocenters. The summed E-state index contributed by atoms with van der Waals surface area (Å²) in [4.78, 5) is 2.39. The van der Waals surface area contributed by atoms with Crippen LogP contribution in [0.1, 0.15) is 18.4 Å². The smallest absolute Gasteiger partial charge is 0.0802 e. The predicted molar refractivity (Wildman–Crippen MR) is 75.0 cm³/mol. The number of rotatable bonds is 2. The van der Waals surface area contributed by atoms with E-state index in [0.717, 1.165) is 43.1 Å². The SMILES string of the molecule is O[C@H]1C[C@@H]2CN(Cc3ccccc3Cl)C[C@@H]2C[C@@H]1O. The summed E-state index contributed by atoms with van der Waals surface area (Å²) in [5.74, 6) is 1.03. The third kappa shape index (κ3) is 2.79. The normalized spacial score (nSPS) is 35.3. The van der Waals surface area contributed by atoms with Crippen molar-refractivity contribution in [2.45, 2.75) is 31.6 Å². The summed E-state index contributed by atoms with van der Waals surface area (Å²) in [7, 11) is 0. The Hall–Kier alpha value is -0.610. The summed E-state index contributed by atoms with van der Waals surface area (Å²) in [5.41, 5.74) is 1.16. The lowest BCUT2D eigenvalue weighted by Crippen LogP contribution is -2.38. The van der Waals surface area contributed by atoms with Gasteiger partial charge in [-0.2, -0.15) is 0 Å². The van der Waals surface area contributed by atoms with Gasteiger partial charge < -0.3 is 10.2 Å². The van der Waals surface area contributed by atoms with Crippen LogP contribution in [0.2, 0.25) is 5.02 Å². The minimum atomic E-state index is -0.540. The number of aliphatic hydroxyl groups is 2. The van der Waals surface area contributed by atoms with Crippen molar-refractivity contribution < 1.29 is 10.2 Å². The highest BCUT2D eigenvalue weighted by atomic mass is 35.5. The van der Waals surface area contributed by atoms with Gasteiger partial charge in [-0.05, 0) is 36.3 Å². The number of benzene rings is 1. The molecule has 1 aromatic rings. The molecule has 1 saturated heterocycles. The van der Waals surface area contributed by atoms with Crippen LogP contribution in [0.4, 0.5) is 0 Å². The topological polar surface area (TPSA) is 43.7 Å². The maximum atomic E-state index is 9.76. The van der Waals surface area contributed by atoms with Gasteiger partial charge in [0.05, 0.1) is 12.2 Å². The van der Waals surface area contributed by atoms with Crippen molar-refractivity contribution in [3.8, 4) is 0 Å². The fourth-order valence-corrected chi connectivity index (χ4v) is 3.70. The first-order valence-corrected chi connectivity index (χ1v) is 7.33. The lowest BCUT2D eigenvalue weighted by atomic mass is 9.79. The third-order valence-corrected chi connectivity index (χ3v) is 4.91. The fraction of sp³-hybridized carbons (Fsp3) is 0.600. The maximum absolute atomic E-state index is 9.76. The van der Waals surface area contributed by atoms with E-state index in [2.05, 4.69) is 11.0 Å². The Bertz CT molecular complexity index is 436. The molecule has 1 aliphatic heterocycles. The van der Waals surface area contributed by atoms with Crippen molar-refractivity contribution in [2.24, 2.45) is 11.8 Å². The molecule has 0 spiro atoms. The predicted octanol–water partition coefficient (Wildman–Crippen LogP) is 1.90. The van der Waals surface area contributed by atoms with Gasteiger partial charge in [-0.1, -0.05) is 29.8 Å². The third-order valence-electron chi connectivity index (χ3n) is 4.54. The monoisotopic (exact) mass is 281 g/mol. The Balaban J connectivity index is 1.65. The highest BCUT2D eigenvalue weighted by Gasteiger charge is 2.40. The minimum absolute atomic E-state index is 0.515. The summed E-state index contributed by atoms with van der Waals surface area (Å²) in [6.07, 6.45) is 0.374. The van der Waals surface area contributed by atoms with Crippen LogP contribution >= 0.6 is 11.6 Å². The molecule has 0 amide bonds. The molecular formula is C15H20ClNO2. The zero-order valence-corrected chi connectivity index (χ0v) is 11.6. The Morgan fingerprint density at radius 3 is 2.21 bits per heavy atom. The summed E-state index contributed by atoms with van der Waals surface area (Å²) in [6, 6.07) is 7.95. The molecule has 1 heterocycles. The van der Waals surface area contributed by atoms with Gasteiger partial charge in [-0.15, -0.1) is 0 Å². The van der Waals surface area contributed by atoms with Gasteiger partial charge in [-0.25, -0.2) is 0 Å². The summed E-state index contributed by atoms with van der Waals surface area (Å²) < 4.78 is 0. The van der Waals surface area contributed by atoms with E-state index >= 15 is 0 Å². The molecule has 4 heteroatoms. The van der Waals surface area contributed by atoms with E-state index in [9.17, 15) is 10.2 Å². The highest BCUT2D eigenvalue weighted by Crippen LogP contribution is 2.37. The number of aliphatic hydroxyl groups excluding tert-OH is 2. The van der Waals surface area contributed by atoms with Crippen molar-refractivity contribution in [1.82, 2.24) is 4.90 Å². The molecule has 1 aliphatic carbocycles. The molecule has 0 aromatic heterocycles. The Kier molecular flexibility index (Phi) is 3.81. The number of halogens is 1. The zero-order valence-electron chi connectivity index (χ0n) is 10.9. The van der Waals surface area contributed by atoms with Crippen LogP contribution < -0.4 is 0 Å². The highest BCUT2D eigenvalue weighted by molar-refractivity contribution is 6.31. The fourth-order valence-electron chi connectivity index (χ4n) is 3.50. The van der Waals surface area contributed by atoms with E-state index in [-0.39, 0.29) is 0 Å². The van der Waals surface area contributed by atoms with Crippen molar-refractivity contribution in [3.63, 3.8) is 0 Å². The molecule has 104 valence electrons. The molecule has 2 fully saturated rings. The van der Waals surface area contributed by atoms with Crippen molar-refractivity contribution >= 4 is 11.6 Å². The lowest BCUT2D eigenvalue weighted by molar-refractivity contribution is -0.0372. The maximum Gasteiger partial charge on any atom is 0.0802 e. The van der Waals surface area contributed by atoms with Crippen LogP contribution in [0.5, 0.6) is 0 Å². The zero-order chi connectivity index (χ0) is 13.4. The van der Waals surface area contributed by atoms with Crippen molar-refractivity contribution in [2.75, 3.05) is 13.1 Å². The van der Waals surface area contributed by atoms with E-state index < -0.39 is 12.2 Å². The molecule has 3 nitrogen and oxygen atoms in total. The molecule has 19 heavy (non-hydrogen) atoms. The molecule has 0 radical (unpaired) electrons. The molecule has 2 N–H and O–H groups in total. The first kappa shape index (κ1) is 13.4. The van der Waals surface area contributed by atoms with Crippen LogP contribution in [-0.2, 0) is 6.54 Å². The second kappa shape index (κ2) is 5.41. The number of nitrogens with zero attached hydrogens (tertiary/aromatic N) is 1. The van der Waals surface area contributed by atoms with Gasteiger partial charge in [0.25, 0.3) is 0 Å². The Morgan fingerprint density at radius 2 is 1.63 bits per heavy atom. The van der Waals surface area contributed by atoms with Gasteiger partial charge in [0.1, 0.15) is 0 Å². The van der Waals surface area contributed by atoms with Crippen LogP contribution in [0, 0.1) is 11.8 Å². The molecule has 4 atom stereocenters. The standard InChI is InChI=1S/C15H20ClNO2/c16-13-4-2-1-3-10(13)7-17-8-11-5-14(18)15(19)6-12(11)9-17/h1-4,11-12,14-15,18-19H,5-9H2/t11-,12+,14-,15-/m0/s1. The second-order valence-electron chi connectivity index (χ2n) is 5.91. The van der Waals surface area contributed by atoms with Crippen molar-refractivity contribution in [3.05, 3.63) is 34.9 Å². The van der Waals surface area contributed by atoms with E-state index in [1.807, 2.05) is 18.2 Å². The van der Waals surface area contributed by atoms with Gasteiger partial charge >= 0.3 is 0 Å². The quantitative estimate of drug-likeness (QED) is 0.870. The molecule has 1 saturated carbocycles. The van der Waals surface area contributed by atoms with E-state index in [0.29, 0.717) is 11.8 Å². The van der Waals surface area contributed by atoms with E-state index in [1.165, 1.54) is 0 Å². The van der Waals surface area contributed by atoms with Gasteiger partial charge in [0.2, 0.25) is 0 Å². The first-order chi connectivity index (χ1) is 9.13. The van der Waals surface area contributed by atoms with Gasteiger partial charge in [-0.3, -0.25) is 4.90 Å². The molecule has 0 bridgehead atoms. The largest absolute Gasteiger partial charge is 0.390 e. The van der Waals surface area contributed by atoms with Crippen LogP contribution in [0.25, 0.3) is 0 Å². The average molecular weight is 282 g/mol. The summed E-state index contributed by atoms with van der Waals surface area (Å²) in [6.45, 7) is 2.86. The number of likely N-dealkylation sites (tertiary alicyclic amines) is 1. The van der Waals surface area contributed by atoms with E-state index in [4.69, 9.17) is 11.6 Å². The van der Waals surface area contributed by atoms with Gasteiger partial charge in [0.15, 0.2) is 0 Å². The number of hydrogen-bond acceptors (Lipinski definition) is 3. The van der Waals surface area contributed by atoms with Crippen molar-refractivity contribution in [1.29, 1.82) is 0 Å². The van der Waals surface area contributed by atoms with Gasteiger partial charge in [0, 0.05) is 24.7 Å². The lowest BCUT2D eigenvalue weighted by Gasteiger charge is -2.32. The number of fused-ring (bicyclic) bond motifs is 1. The molecule has 3 rings (SSSR count). The number of hydrogen-bond donors (Lipinski definition) is 2. The van der Waals surface area contributed by atoms with E-state index in [1.54, 1.807) is 0 Å². The van der Waals surface area contributed by atoms with Crippen LogP contribution in [0.3, 0.4) is 0 Å². The molecular weight excluding hydrogens is 262 g/mol. The minimum Gasteiger partial charge on any atom is -0.390 e. The Labute approximate surface area is 118 Å². The first-order valence-electron chi connectivity index (χ1n) is 6.95. The van der Waals surface area contributed by atoms with Crippen LogP contribution in [-0.4, -0.2) is 40.4 Å². The molecule has 2 aliphatic rings. The van der Waals surface area contributed by atoms with Crippen LogP contribution in [0.15, 0.2) is 24.3 Å². The Morgan fingerprint density at radius 1 is 1.05 bits per heavy atom. The average Bonchev–Trinajstić information content (AvgIpc) is 2.74. The second-order valence-corrected chi connectivity index (χ2v) is 6.32. The summed E-state index contributed by atoms with van der Waals surface area (Å²) in [5, 5.41) is 20.3. The molecule has 1 aromatic carbocycles. The summed E-state index contributed by atoms with van der Waals surface area (Å²) >= 11 is 6.20.